The van der Waals surface area contributed by atoms with E-state index in [1.807, 2.05) is 4.68 Å². The van der Waals surface area contributed by atoms with Crippen LogP contribution in [-0.2, 0) is 13.1 Å². The summed E-state index contributed by atoms with van der Waals surface area (Å²) in [6.07, 6.45) is 3.72. The van der Waals surface area contributed by atoms with Gasteiger partial charge in [-0.2, -0.15) is 5.10 Å². The lowest BCUT2D eigenvalue weighted by Gasteiger charge is -2.12. The number of aryl methyl sites for hydroxylation is 1. The molecule has 1 rings (SSSR count). The Bertz CT molecular complexity index is 311. The highest BCUT2D eigenvalue weighted by molar-refractivity contribution is 6.20. The van der Waals surface area contributed by atoms with E-state index in [9.17, 15) is 0 Å². The number of rotatable bonds is 8. The van der Waals surface area contributed by atoms with Crippen molar-refractivity contribution in [3.05, 3.63) is 12.2 Å². The van der Waals surface area contributed by atoms with Crippen LogP contribution in [0.25, 0.3) is 0 Å². The van der Waals surface area contributed by atoms with E-state index in [0.717, 1.165) is 38.3 Å². The lowest BCUT2D eigenvalue weighted by atomic mass is 10.1. The van der Waals surface area contributed by atoms with Crippen LogP contribution >= 0.6 is 11.6 Å². The molecule has 0 spiro atoms. The molecule has 1 aromatic rings. The van der Waals surface area contributed by atoms with Crippen LogP contribution in [0.2, 0.25) is 0 Å². The number of nitrogens with zero attached hydrogens (tertiary/aromatic N) is 3. The Labute approximate surface area is 109 Å². The summed E-state index contributed by atoms with van der Waals surface area (Å²) in [5, 5.41) is 7.71. The molecule has 0 saturated heterocycles. The molecule has 0 aliphatic rings. The molecule has 0 bridgehead atoms. The van der Waals surface area contributed by atoms with Crippen molar-refractivity contribution in [1.82, 2.24) is 20.1 Å². The molecule has 0 saturated carbocycles. The molecule has 17 heavy (non-hydrogen) atoms. The fourth-order valence-corrected chi connectivity index (χ4v) is 2.22. The standard InChI is InChI=1S/C12H23ClN4/c1-4-5-17-12(15-9-16-17)8-14-7-11(13)6-10(2)3/h9-11,14H,4-8H2,1-3H3. The Balaban J connectivity index is 2.28. The minimum Gasteiger partial charge on any atom is -0.308 e. The Morgan fingerprint density at radius 2 is 2.24 bits per heavy atom. The van der Waals surface area contributed by atoms with Gasteiger partial charge in [0.2, 0.25) is 0 Å². The van der Waals surface area contributed by atoms with Crippen LogP contribution in [0.15, 0.2) is 6.33 Å². The summed E-state index contributed by atoms with van der Waals surface area (Å²) >= 11 is 6.21. The summed E-state index contributed by atoms with van der Waals surface area (Å²) in [7, 11) is 0. The Morgan fingerprint density at radius 3 is 2.88 bits per heavy atom. The first kappa shape index (κ1) is 14.5. The normalized spacial score (nSPS) is 13.2. The van der Waals surface area contributed by atoms with Gasteiger partial charge in [-0.05, 0) is 18.8 Å². The summed E-state index contributed by atoms with van der Waals surface area (Å²) in [6.45, 7) is 8.99. The third-order valence-corrected chi connectivity index (χ3v) is 2.84. The summed E-state index contributed by atoms with van der Waals surface area (Å²) in [4.78, 5) is 4.24. The fraction of sp³-hybridized carbons (Fsp3) is 0.833. The molecule has 0 aliphatic carbocycles. The van der Waals surface area contributed by atoms with Gasteiger partial charge in [-0.15, -0.1) is 11.6 Å². The van der Waals surface area contributed by atoms with E-state index in [1.54, 1.807) is 6.33 Å². The van der Waals surface area contributed by atoms with Crippen molar-refractivity contribution in [2.45, 2.75) is 52.1 Å². The van der Waals surface area contributed by atoms with Crippen LogP contribution in [0.3, 0.4) is 0 Å². The van der Waals surface area contributed by atoms with Crippen LogP contribution in [0.4, 0.5) is 0 Å². The molecule has 4 nitrogen and oxygen atoms in total. The van der Waals surface area contributed by atoms with Crippen molar-refractivity contribution in [2.24, 2.45) is 5.92 Å². The van der Waals surface area contributed by atoms with Crippen LogP contribution in [0.1, 0.15) is 39.4 Å². The van der Waals surface area contributed by atoms with Crippen molar-refractivity contribution >= 4 is 11.6 Å². The van der Waals surface area contributed by atoms with Gasteiger partial charge in [0, 0.05) is 18.5 Å². The summed E-state index contributed by atoms with van der Waals surface area (Å²) < 4.78 is 1.94. The van der Waals surface area contributed by atoms with Gasteiger partial charge in [0.05, 0.1) is 6.54 Å². The zero-order chi connectivity index (χ0) is 12.7. The topological polar surface area (TPSA) is 42.7 Å². The van der Waals surface area contributed by atoms with E-state index >= 15 is 0 Å². The highest BCUT2D eigenvalue weighted by Crippen LogP contribution is 2.09. The van der Waals surface area contributed by atoms with Crippen LogP contribution in [0.5, 0.6) is 0 Å². The van der Waals surface area contributed by atoms with E-state index < -0.39 is 0 Å². The monoisotopic (exact) mass is 258 g/mol. The molecular weight excluding hydrogens is 236 g/mol. The molecule has 0 fully saturated rings. The van der Waals surface area contributed by atoms with Crippen LogP contribution in [-0.4, -0.2) is 26.7 Å². The van der Waals surface area contributed by atoms with E-state index in [1.165, 1.54) is 0 Å². The van der Waals surface area contributed by atoms with Gasteiger partial charge in [-0.25, -0.2) is 9.67 Å². The van der Waals surface area contributed by atoms with Gasteiger partial charge in [-0.3, -0.25) is 0 Å². The minimum absolute atomic E-state index is 0.192. The number of alkyl halides is 1. The average molecular weight is 259 g/mol. The lowest BCUT2D eigenvalue weighted by Crippen LogP contribution is -2.25. The third-order valence-electron chi connectivity index (χ3n) is 2.51. The molecule has 1 heterocycles. The molecule has 98 valence electrons. The van der Waals surface area contributed by atoms with E-state index in [4.69, 9.17) is 11.6 Å². The van der Waals surface area contributed by atoms with Crippen molar-refractivity contribution < 1.29 is 0 Å². The molecule has 1 N–H and O–H groups in total. The molecule has 0 aliphatic heterocycles. The van der Waals surface area contributed by atoms with E-state index in [-0.39, 0.29) is 5.38 Å². The number of aromatic nitrogens is 3. The maximum Gasteiger partial charge on any atom is 0.140 e. The van der Waals surface area contributed by atoms with Gasteiger partial charge in [-0.1, -0.05) is 20.8 Å². The number of hydrogen-bond acceptors (Lipinski definition) is 3. The van der Waals surface area contributed by atoms with Crippen molar-refractivity contribution in [1.29, 1.82) is 0 Å². The number of hydrogen-bond donors (Lipinski definition) is 1. The zero-order valence-electron chi connectivity index (χ0n) is 11.0. The molecule has 0 amide bonds. The maximum atomic E-state index is 6.21. The molecule has 0 radical (unpaired) electrons. The van der Waals surface area contributed by atoms with Gasteiger partial charge in [0.1, 0.15) is 12.2 Å². The maximum absolute atomic E-state index is 6.21. The predicted octanol–water partition coefficient (Wildman–Crippen LogP) is 2.43. The quantitative estimate of drug-likeness (QED) is 0.729. The third kappa shape index (κ3) is 5.50. The Morgan fingerprint density at radius 1 is 1.47 bits per heavy atom. The molecule has 1 atom stereocenters. The minimum atomic E-state index is 0.192. The van der Waals surface area contributed by atoms with Crippen molar-refractivity contribution in [3.63, 3.8) is 0 Å². The largest absolute Gasteiger partial charge is 0.308 e. The molecule has 1 unspecified atom stereocenters. The first-order valence-corrected chi connectivity index (χ1v) is 6.78. The summed E-state index contributed by atoms with van der Waals surface area (Å²) in [5.41, 5.74) is 0. The summed E-state index contributed by atoms with van der Waals surface area (Å²) in [5.74, 6) is 1.63. The van der Waals surface area contributed by atoms with Gasteiger partial charge >= 0.3 is 0 Å². The Kier molecular flexibility index (Phi) is 6.52. The van der Waals surface area contributed by atoms with E-state index in [0.29, 0.717) is 5.92 Å². The lowest BCUT2D eigenvalue weighted by molar-refractivity contribution is 0.510. The molecular formula is C12H23ClN4. The zero-order valence-corrected chi connectivity index (χ0v) is 11.7. The number of nitrogens with one attached hydrogen (secondary N) is 1. The summed E-state index contributed by atoms with van der Waals surface area (Å²) in [6, 6.07) is 0. The van der Waals surface area contributed by atoms with Gasteiger partial charge in [0.25, 0.3) is 0 Å². The second kappa shape index (κ2) is 7.67. The van der Waals surface area contributed by atoms with E-state index in [2.05, 4.69) is 36.2 Å². The fourth-order valence-electron chi connectivity index (χ4n) is 1.76. The molecule has 5 heteroatoms. The highest BCUT2D eigenvalue weighted by Gasteiger charge is 2.08. The average Bonchev–Trinajstić information content (AvgIpc) is 2.65. The molecule has 1 aromatic heterocycles. The SMILES string of the molecule is CCCn1ncnc1CNCC(Cl)CC(C)C. The Hall–Kier alpha value is -0.610. The first-order valence-electron chi connectivity index (χ1n) is 6.35. The van der Waals surface area contributed by atoms with Crippen LogP contribution < -0.4 is 5.32 Å². The second-order valence-corrected chi connectivity index (χ2v) is 5.37. The van der Waals surface area contributed by atoms with Crippen molar-refractivity contribution in [2.75, 3.05) is 6.54 Å². The number of halogens is 1. The molecule has 0 aromatic carbocycles. The van der Waals surface area contributed by atoms with Gasteiger partial charge in [0.15, 0.2) is 0 Å². The highest BCUT2D eigenvalue weighted by atomic mass is 35.5. The van der Waals surface area contributed by atoms with Crippen molar-refractivity contribution in [3.8, 4) is 0 Å². The van der Waals surface area contributed by atoms with Crippen LogP contribution in [0, 0.1) is 5.92 Å². The smallest absolute Gasteiger partial charge is 0.140 e. The second-order valence-electron chi connectivity index (χ2n) is 4.76. The first-order chi connectivity index (χ1) is 8.13. The van der Waals surface area contributed by atoms with Gasteiger partial charge < -0.3 is 5.32 Å². The predicted molar refractivity (Wildman–Crippen MR) is 71.1 cm³/mol.